The summed E-state index contributed by atoms with van der Waals surface area (Å²) in [5.74, 6) is 0.607. The van der Waals surface area contributed by atoms with E-state index >= 15 is 0 Å². The number of halogens is 1. The van der Waals surface area contributed by atoms with Crippen LogP contribution < -0.4 is 5.32 Å². The van der Waals surface area contributed by atoms with Crippen molar-refractivity contribution in [3.63, 3.8) is 0 Å². The number of unbranched alkanes of at least 4 members (excludes halogenated alkanes) is 3. The number of nitrogens with zero attached hydrogens (tertiary/aromatic N) is 5. The predicted molar refractivity (Wildman–Crippen MR) is 125 cm³/mol. The van der Waals surface area contributed by atoms with E-state index in [2.05, 4.69) is 33.0 Å². The molecule has 2 fully saturated rings. The van der Waals surface area contributed by atoms with E-state index in [0.29, 0.717) is 0 Å². The van der Waals surface area contributed by atoms with Crippen LogP contribution in [-0.4, -0.2) is 89.5 Å². The van der Waals surface area contributed by atoms with Gasteiger partial charge in [0.2, 0.25) is 0 Å². The largest absolute Gasteiger partial charge is 0.340 e. The molecule has 174 valence electrons. The number of aliphatic imine (C=N–C) groups is 1. The second-order valence-electron chi connectivity index (χ2n) is 8.80. The fraction of sp³-hybridized carbons (Fsp3) is 0.609. The third kappa shape index (κ3) is 4.71. The van der Waals surface area contributed by atoms with Gasteiger partial charge in [-0.1, -0.05) is 56.0 Å². The van der Waals surface area contributed by atoms with Crippen LogP contribution in [0, 0.1) is 0 Å². The van der Waals surface area contributed by atoms with E-state index in [1.54, 1.807) is 11.9 Å². The van der Waals surface area contributed by atoms with Gasteiger partial charge in [-0.15, -0.1) is 0 Å². The number of benzene rings is 1. The van der Waals surface area contributed by atoms with E-state index in [1.165, 1.54) is 6.42 Å². The van der Waals surface area contributed by atoms with Gasteiger partial charge >= 0.3 is 6.03 Å². The van der Waals surface area contributed by atoms with Crippen molar-refractivity contribution in [3.05, 3.63) is 34.9 Å². The lowest BCUT2D eigenvalue weighted by atomic mass is 10.1. The summed E-state index contributed by atoms with van der Waals surface area (Å²) in [5.41, 5.74) is 1.14. The number of carbonyl (C=O) groups excluding carboxylic acids is 2. The zero-order valence-electron chi connectivity index (χ0n) is 19.0. The van der Waals surface area contributed by atoms with Crippen molar-refractivity contribution in [3.8, 4) is 0 Å². The summed E-state index contributed by atoms with van der Waals surface area (Å²) < 4.78 is 0. The molecule has 0 bridgehead atoms. The number of hydrogen-bond acceptors (Lipinski definition) is 6. The lowest BCUT2D eigenvalue weighted by Gasteiger charge is -2.40. The smallest absolute Gasteiger partial charge is 0.325 e. The van der Waals surface area contributed by atoms with Crippen molar-refractivity contribution < 1.29 is 9.59 Å². The number of nitrogens with one attached hydrogen (secondary N) is 1. The number of carbonyl (C=O) groups is 2. The molecule has 2 atom stereocenters. The van der Waals surface area contributed by atoms with Crippen LogP contribution in [0.1, 0.15) is 38.2 Å². The highest BCUT2D eigenvalue weighted by Gasteiger charge is 2.49. The molecule has 0 aliphatic carbocycles. The maximum atomic E-state index is 12.7. The first-order valence-corrected chi connectivity index (χ1v) is 12.0. The second kappa shape index (κ2) is 10.1. The summed E-state index contributed by atoms with van der Waals surface area (Å²) in [6, 6.07) is 7.15. The van der Waals surface area contributed by atoms with Gasteiger partial charge in [-0.2, -0.15) is 0 Å². The third-order valence-corrected chi connectivity index (χ3v) is 6.97. The Balaban J connectivity index is 1.44. The average Bonchev–Trinajstić information content (AvgIpc) is 3.17. The van der Waals surface area contributed by atoms with Gasteiger partial charge in [0.15, 0.2) is 18.2 Å². The summed E-state index contributed by atoms with van der Waals surface area (Å²) in [4.78, 5) is 38.1. The minimum Gasteiger partial charge on any atom is -0.340 e. The van der Waals surface area contributed by atoms with Crippen molar-refractivity contribution in [2.75, 3.05) is 39.8 Å². The molecular weight excluding hydrogens is 428 g/mol. The van der Waals surface area contributed by atoms with Crippen LogP contribution >= 0.6 is 11.6 Å². The number of urea groups is 1. The molecule has 4 rings (SSSR count). The van der Waals surface area contributed by atoms with Gasteiger partial charge in [-0.25, -0.2) is 9.79 Å². The summed E-state index contributed by atoms with van der Waals surface area (Å²) in [6.45, 7) is 7.23. The van der Waals surface area contributed by atoms with E-state index < -0.39 is 12.2 Å². The van der Waals surface area contributed by atoms with Crippen LogP contribution in [-0.2, 0) is 11.3 Å². The highest BCUT2D eigenvalue weighted by molar-refractivity contribution is 6.31. The van der Waals surface area contributed by atoms with Gasteiger partial charge in [0, 0.05) is 51.3 Å². The average molecular weight is 461 g/mol. The topological polar surface area (TPSA) is 71.5 Å². The lowest BCUT2D eigenvalue weighted by Crippen LogP contribution is -2.64. The van der Waals surface area contributed by atoms with Crippen molar-refractivity contribution in [1.29, 1.82) is 0 Å². The summed E-state index contributed by atoms with van der Waals surface area (Å²) in [7, 11) is 1.71. The Labute approximate surface area is 195 Å². The molecule has 0 spiro atoms. The quantitative estimate of drug-likeness (QED) is 0.633. The fourth-order valence-electron chi connectivity index (χ4n) is 4.70. The third-order valence-electron chi connectivity index (χ3n) is 6.60. The van der Waals surface area contributed by atoms with Crippen molar-refractivity contribution in [2.45, 2.75) is 51.4 Å². The minimum absolute atomic E-state index is 0.246. The minimum atomic E-state index is -0.460. The molecule has 3 aliphatic heterocycles. The molecule has 9 heteroatoms. The molecule has 8 nitrogen and oxygen atoms in total. The number of imide groups is 1. The van der Waals surface area contributed by atoms with E-state index in [-0.39, 0.29) is 11.9 Å². The Hall–Kier alpha value is -2.32. The molecule has 3 aliphatic rings. The zero-order valence-corrected chi connectivity index (χ0v) is 19.7. The monoisotopic (exact) mass is 460 g/mol. The molecule has 0 aromatic heterocycles. The standard InChI is InChI=1S/C23H33ClN6O2/c1-3-4-5-8-11-30-19-20(27(2)23(32)26-21(19)31)25-22(30)29-14-12-28(13-15-29)16-17-9-6-7-10-18(17)24/h6-7,9-10,19-20H,3-5,8,11-16H2,1-2H3,(H,26,31,32). The summed E-state index contributed by atoms with van der Waals surface area (Å²) in [6.07, 6.45) is 4.02. The van der Waals surface area contributed by atoms with Gasteiger partial charge < -0.3 is 14.7 Å². The van der Waals surface area contributed by atoms with Crippen molar-refractivity contribution in [1.82, 2.24) is 24.9 Å². The molecule has 1 N–H and O–H groups in total. The van der Waals surface area contributed by atoms with Gasteiger partial charge in [0.25, 0.3) is 5.91 Å². The highest BCUT2D eigenvalue weighted by atomic mass is 35.5. The van der Waals surface area contributed by atoms with Crippen LogP contribution in [0.3, 0.4) is 0 Å². The van der Waals surface area contributed by atoms with E-state index in [0.717, 1.165) is 75.1 Å². The molecule has 2 unspecified atom stereocenters. The Bertz CT molecular complexity index is 870. The van der Waals surface area contributed by atoms with Gasteiger partial charge in [0.1, 0.15) is 0 Å². The Morgan fingerprint density at radius 3 is 2.56 bits per heavy atom. The summed E-state index contributed by atoms with van der Waals surface area (Å²) >= 11 is 6.34. The van der Waals surface area contributed by atoms with Crippen molar-refractivity contribution in [2.24, 2.45) is 4.99 Å². The first-order chi connectivity index (χ1) is 15.5. The van der Waals surface area contributed by atoms with Crippen LogP contribution in [0.5, 0.6) is 0 Å². The molecule has 3 heterocycles. The number of amides is 3. The number of hydrogen-bond donors (Lipinski definition) is 1. The molecule has 32 heavy (non-hydrogen) atoms. The second-order valence-corrected chi connectivity index (χ2v) is 9.21. The van der Waals surface area contributed by atoms with Gasteiger partial charge in [0.05, 0.1) is 0 Å². The highest BCUT2D eigenvalue weighted by Crippen LogP contribution is 2.27. The Morgan fingerprint density at radius 2 is 1.84 bits per heavy atom. The normalized spacial score (nSPS) is 24.0. The van der Waals surface area contributed by atoms with E-state index in [4.69, 9.17) is 16.6 Å². The SMILES string of the molecule is CCCCCCN1C(N2CCN(Cc3ccccc3Cl)CC2)=NC2C1C(=O)NC(=O)N2C. The van der Waals surface area contributed by atoms with E-state index in [9.17, 15) is 9.59 Å². The first kappa shape index (κ1) is 22.9. The van der Waals surface area contributed by atoms with Gasteiger partial charge in [-0.05, 0) is 18.1 Å². The molecule has 1 aromatic rings. The van der Waals surface area contributed by atoms with Gasteiger partial charge in [-0.3, -0.25) is 15.0 Å². The van der Waals surface area contributed by atoms with Crippen LogP contribution in [0.4, 0.5) is 4.79 Å². The number of likely N-dealkylation sites (N-methyl/N-ethyl adjacent to an activating group) is 1. The molecule has 3 amide bonds. The molecular formula is C23H33ClN6O2. The predicted octanol–water partition coefficient (Wildman–Crippen LogP) is 2.59. The molecule has 2 saturated heterocycles. The Morgan fingerprint density at radius 1 is 1.09 bits per heavy atom. The maximum Gasteiger partial charge on any atom is 0.325 e. The molecule has 0 saturated carbocycles. The van der Waals surface area contributed by atoms with Crippen molar-refractivity contribution >= 4 is 29.5 Å². The Kier molecular flexibility index (Phi) is 7.20. The molecule has 0 radical (unpaired) electrons. The fourth-order valence-corrected chi connectivity index (χ4v) is 4.89. The zero-order chi connectivity index (χ0) is 22.7. The van der Waals surface area contributed by atoms with Crippen LogP contribution in [0.2, 0.25) is 5.02 Å². The lowest BCUT2D eigenvalue weighted by molar-refractivity contribution is -0.127. The maximum absolute atomic E-state index is 12.7. The summed E-state index contributed by atoms with van der Waals surface area (Å²) in [5, 5.41) is 3.29. The van der Waals surface area contributed by atoms with E-state index in [1.807, 2.05) is 18.2 Å². The number of fused-ring (bicyclic) bond motifs is 1. The number of guanidine groups is 1. The number of rotatable bonds is 7. The first-order valence-electron chi connectivity index (χ1n) is 11.6. The molecule has 1 aromatic carbocycles. The number of piperazine rings is 1. The van der Waals surface area contributed by atoms with Crippen LogP contribution in [0.15, 0.2) is 29.3 Å². The van der Waals surface area contributed by atoms with Crippen LogP contribution in [0.25, 0.3) is 0 Å².